The SMILES string of the molecule is C[Si](C)(C)c1ccnc(-n2c3[c-]c(Oc4[c-]c(N5C=CN(c6ccccc6)[CH-]5)ccc4)ccc3c3c2c2ccccc2n3-c2ccccc2)c1.[Pd]. The number of benzene rings is 5. The first-order chi connectivity index (χ1) is 24.4. The monoisotopic (exact) mass is 770 g/mol. The van der Waals surface area contributed by atoms with Gasteiger partial charge >= 0.3 is 0 Å². The van der Waals surface area contributed by atoms with Gasteiger partial charge in [-0.05, 0) is 54.9 Å². The van der Waals surface area contributed by atoms with Crippen molar-refractivity contribution in [3.8, 4) is 23.0 Å². The van der Waals surface area contributed by atoms with Crippen LogP contribution in [0.3, 0.4) is 0 Å². The number of ether oxygens (including phenoxy) is 1. The predicted molar refractivity (Wildman–Crippen MR) is 207 cm³/mol. The molecule has 0 N–H and O–H groups in total. The Labute approximate surface area is 312 Å². The maximum atomic E-state index is 6.52. The zero-order chi connectivity index (χ0) is 33.8. The first-order valence-electron chi connectivity index (χ1n) is 16.8. The second-order valence-electron chi connectivity index (χ2n) is 13.5. The number of nitrogens with zero attached hydrogens (tertiary/aromatic N) is 5. The Bertz CT molecular complexity index is 2550. The zero-order valence-electron chi connectivity index (χ0n) is 28.4. The average molecular weight is 771 g/mol. The van der Waals surface area contributed by atoms with Crippen LogP contribution in [0.5, 0.6) is 11.5 Å². The quantitative estimate of drug-likeness (QED) is 0.120. The fourth-order valence-corrected chi connectivity index (χ4v) is 7.93. The van der Waals surface area contributed by atoms with Gasteiger partial charge in [-0.15, -0.1) is 42.7 Å². The summed E-state index contributed by atoms with van der Waals surface area (Å²) in [7, 11) is -1.63. The number of pyridine rings is 1. The number of hydrogen-bond acceptors (Lipinski definition) is 4. The third kappa shape index (κ3) is 5.86. The molecule has 0 spiro atoms. The maximum Gasteiger partial charge on any atom is 0.135 e. The molecule has 0 amide bonds. The maximum absolute atomic E-state index is 6.52. The average Bonchev–Trinajstić information content (AvgIpc) is 3.85. The molecule has 0 radical (unpaired) electrons. The summed E-state index contributed by atoms with van der Waals surface area (Å²) in [4.78, 5) is 9.09. The van der Waals surface area contributed by atoms with Gasteiger partial charge < -0.3 is 23.7 Å². The largest absolute Gasteiger partial charge is 0.509 e. The number of anilines is 2. The van der Waals surface area contributed by atoms with E-state index in [4.69, 9.17) is 9.72 Å². The Balaban J connectivity index is 0.00000374. The van der Waals surface area contributed by atoms with Crippen molar-refractivity contribution < 1.29 is 25.2 Å². The van der Waals surface area contributed by atoms with Crippen molar-refractivity contribution in [1.29, 1.82) is 0 Å². The Morgan fingerprint density at radius 3 is 2.10 bits per heavy atom. The van der Waals surface area contributed by atoms with Gasteiger partial charge in [-0.1, -0.05) is 90.3 Å². The summed E-state index contributed by atoms with van der Waals surface area (Å²) in [5.74, 6) is 2.09. The summed E-state index contributed by atoms with van der Waals surface area (Å²) in [6.07, 6.45) is 6.00. The summed E-state index contributed by atoms with van der Waals surface area (Å²) in [5, 5.41) is 3.57. The topological polar surface area (TPSA) is 38.5 Å². The van der Waals surface area contributed by atoms with E-state index in [0.29, 0.717) is 11.5 Å². The number of para-hydroxylation sites is 3. The smallest absolute Gasteiger partial charge is 0.135 e. The molecule has 0 saturated heterocycles. The summed E-state index contributed by atoms with van der Waals surface area (Å²) in [6, 6.07) is 51.1. The first-order valence-corrected chi connectivity index (χ1v) is 20.3. The second-order valence-corrected chi connectivity index (χ2v) is 18.6. The Morgan fingerprint density at radius 1 is 0.627 bits per heavy atom. The third-order valence-electron chi connectivity index (χ3n) is 9.25. The van der Waals surface area contributed by atoms with Crippen LogP contribution >= 0.6 is 0 Å². The van der Waals surface area contributed by atoms with Crippen LogP contribution in [-0.4, -0.2) is 22.2 Å². The van der Waals surface area contributed by atoms with Gasteiger partial charge in [0.05, 0.1) is 19.1 Å². The Hall–Kier alpha value is -5.39. The van der Waals surface area contributed by atoms with Crippen molar-refractivity contribution >= 4 is 57.5 Å². The van der Waals surface area contributed by atoms with Gasteiger partial charge in [0, 0.05) is 60.4 Å². The zero-order valence-corrected chi connectivity index (χ0v) is 30.9. The molecule has 6 nitrogen and oxygen atoms in total. The molecule has 3 aromatic heterocycles. The van der Waals surface area contributed by atoms with Gasteiger partial charge in [-0.25, -0.2) is 4.98 Å². The normalized spacial score (nSPS) is 13.0. The Morgan fingerprint density at radius 2 is 1.31 bits per heavy atom. The van der Waals surface area contributed by atoms with Crippen molar-refractivity contribution in [2.45, 2.75) is 19.6 Å². The molecule has 0 aliphatic carbocycles. The molecule has 51 heavy (non-hydrogen) atoms. The van der Waals surface area contributed by atoms with Crippen LogP contribution in [0.2, 0.25) is 19.6 Å². The van der Waals surface area contributed by atoms with E-state index in [1.54, 1.807) is 0 Å². The fraction of sp³-hybridized carbons (Fsp3) is 0.0698. The van der Waals surface area contributed by atoms with Crippen molar-refractivity contribution in [3.05, 3.63) is 165 Å². The molecule has 1 aliphatic heterocycles. The number of aromatic nitrogens is 3. The van der Waals surface area contributed by atoms with E-state index in [1.165, 1.54) is 5.19 Å². The second kappa shape index (κ2) is 13.1. The van der Waals surface area contributed by atoms with E-state index in [2.05, 4.69) is 131 Å². The minimum atomic E-state index is -1.63. The van der Waals surface area contributed by atoms with Crippen LogP contribution in [0.4, 0.5) is 11.4 Å². The molecule has 0 fully saturated rings. The number of rotatable bonds is 7. The van der Waals surface area contributed by atoms with Gasteiger partial charge in [-0.2, -0.15) is 12.1 Å². The van der Waals surface area contributed by atoms with Crippen molar-refractivity contribution in [2.75, 3.05) is 9.80 Å². The van der Waals surface area contributed by atoms with Crippen LogP contribution in [0, 0.1) is 18.8 Å². The van der Waals surface area contributed by atoms with Crippen LogP contribution in [0.1, 0.15) is 0 Å². The van der Waals surface area contributed by atoms with Crippen LogP contribution in [0.25, 0.3) is 44.3 Å². The molecular formula is C43H34N5OPdSi-3. The molecule has 8 aromatic rings. The minimum absolute atomic E-state index is 0. The Kier molecular flexibility index (Phi) is 8.39. The van der Waals surface area contributed by atoms with Crippen LogP contribution in [0.15, 0.2) is 146 Å². The molecular weight excluding hydrogens is 737 g/mol. The molecule has 9 rings (SSSR count). The van der Waals surface area contributed by atoms with Crippen molar-refractivity contribution in [2.24, 2.45) is 0 Å². The summed E-state index contributed by atoms with van der Waals surface area (Å²) >= 11 is 0. The van der Waals surface area contributed by atoms with Gasteiger partial charge in [0.15, 0.2) is 0 Å². The van der Waals surface area contributed by atoms with Gasteiger partial charge in [0.1, 0.15) is 5.82 Å². The van der Waals surface area contributed by atoms with Gasteiger partial charge in [0.25, 0.3) is 0 Å². The minimum Gasteiger partial charge on any atom is -0.509 e. The molecule has 254 valence electrons. The van der Waals surface area contributed by atoms with E-state index in [1.807, 2.05) is 72.6 Å². The van der Waals surface area contributed by atoms with E-state index in [9.17, 15) is 0 Å². The van der Waals surface area contributed by atoms with Crippen molar-refractivity contribution in [1.82, 2.24) is 14.1 Å². The number of fused-ring (bicyclic) bond motifs is 5. The van der Waals surface area contributed by atoms with E-state index in [0.717, 1.165) is 55.7 Å². The first kappa shape index (κ1) is 32.8. The molecule has 8 heteroatoms. The standard InChI is InChI=1S/C43H34N5OSi.Pd/c1-50(2,3)36-23-24-44-41(29-36)48-40-28-35(49-34-18-12-17-33(27-34)46-26-25-45(30-46)31-13-6-4-7-14-31)21-22-38(40)42-43(48)37-19-10-11-20-39(37)47(42)32-15-8-5-9-16-32;/h4-26,29-30H,1-3H3;/q-3;. The molecule has 1 aliphatic rings. The summed E-state index contributed by atoms with van der Waals surface area (Å²) in [6.45, 7) is 9.15. The molecule has 0 saturated carbocycles. The molecule has 5 aromatic carbocycles. The number of hydrogen-bond donors (Lipinski definition) is 0. The van der Waals surface area contributed by atoms with Gasteiger partial charge in [0.2, 0.25) is 0 Å². The molecule has 0 bridgehead atoms. The molecule has 4 heterocycles. The molecule has 0 unspecified atom stereocenters. The fourth-order valence-electron chi connectivity index (χ4n) is 6.80. The summed E-state index contributed by atoms with van der Waals surface area (Å²) in [5.41, 5.74) is 7.34. The predicted octanol–water partition coefficient (Wildman–Crippen LogP) is 9.98. The third-order valence-corrected chi connectivity index (χ3v) is 11.3. The van der Waals surface area contributed by atoms with Crippen LogP contribution < -0.4 is 19.7 Å². The van der Waals surface area contributed by atoms with Crippen LogP contribution in [-0.2, 0) is 20.4 Å². The van der Waals surface area contributed by atoms with Crippen molar-refractivity contribution in [3.63, 3.8) is 0 Å². The van der Waals surface area contributed by atoms with E-state index in [-0.39, 0.29) is 20.4 Å². The van der Waals surface area contributed by atoms with E-state index >= 15 is 0 Å². The van der Waals surface area contributed by atoms with E-state index < -0.39 is 8.07 Å². The molecule has 0 atom stereocenters. The summed E-state index contributed by atoms with van der Waals surface area (Å²) < 4.78 is 11.1. The van der Waals surface area contributed by atoms with Gasteiger partial charge in [-0.3, -0.25) is 0 Å².